The average molecular weight is 359 g/mol. The third kappa shape index (κ3) is 5.00. The molecule has 0 unspecified atom stereocenters. The molecule has 1 aromatic carbocycles. The molecular formula is C22H34N2O2. The number of nitrogens with zero attached hydrogens (tertiary/aromatic N) is 1. The lowest BCUT2D eigenvalue weighted by molar-refractivity contribution is -0.123. The summed E-state index contributed by atoms with van der Waals surface area (Å²) >= 11 is 0. The topological polar surface area (TPSA) is 55.6 Å². The Morgan fingerprint density at radius 2 is 1.85 bits per heavy atom. The molecule has 2 aliphatic rings. The van der Waals surface area contributed by atoms with Gasteiger partial charge in [-0.05, 0) is 55.8 Å². The number of hydrogen-bond acceptors (Lipinski definition) is 3. The van der Waals surface area contributed by atoms with E-state index in [4.69, 9.17) is 10.5 Å². The average Bonchev–Trinajstić information content (AvgIpc) is 2.69. The number of carbonyl (C=O) groups excluding carboxylic acids is 1. The SMILES string of the molecule is COc1ccccc1C1CCN(C[C@@H](CC2CCCCC2)C(N)=O)CC1. The van der Waals surface area contributed by atoms with Gasteiger partial charge >= 0.3 is 0 Å². The molecule has 1 heterocycles. The summed E-state index contributed by atoms with van der Waals surface area (Å²) in [5, 5.41) is 0. The van der Waals surface area contributed by atoms with E-state index < -0.39 is 0 Å². The Morgan fingerprint density at radius 1 is 1.15 bits per heavy atom. The van der Waals surface area contributed by atoms with Crippen molar-refractivity contribution < 1.29 is 9.53 Å². The molecule has 1 amide bonds. The number of ether oxygens (including phenoxy) is 1. The Kier molecular flexibility index (Phi) is 6.95. The van der Waals surface area contributed by atoms with Gasteiger partial charge in [0.15, 0.2) is 0 Å². The number of amides is 1. The highest BCUT2D eigenvalue weighted by molar-refractivity contribution is 5.76. The highest BCUT2D eigenvalue weighted by Crippen LogP contribution is 2.35. The van der Waals surface area contributed by atoms with E-state index in [0.717, 1.165) is 44.6 Å². The fourth-order valence-electron chi connectivity index (χ4n) is 4.85. The molecule has 1 aromatic rings. The molecular weight excluding hydrogens is 324 g/mol. The Labute approximate surface area is 158 Å². The van der Waals surface area contributed by atoms with Gasteiger partial charge < -0.3 is 15.4 Å². The first kappa shape index (κ1) is 19.2. The summed E-state index contributed by atoms with van der Waals surface area (Å²) in [7, 11) is 1.75. The zero-order valence-electron chi connectivity index (χ0n) is 16.2. The van der Waals surface area contributed by atoms with Gasteiger partial charge in [-0.2, -0.15) is 0 Å². The minimum absolute atomic E-state index is 0.0147. The van der Waals surface area contributed by atoms with Crippen LogP contribution in [0.25, 0.3) is 0 Å². The molecule has 1 saturated carbocycles. The van der Waals surface area contributed by atoms with Crippen molar-refractivity contribution in [1.29, 1.82) is 0 Å². The molecule has 26 heavy (non-hydrogen) atoms. The van der Waals surface area contributed by atoms with E-state index in [2.05, 4.69) is 23.1 Å². The maximum Gasteiger partial charge on any atom is 0.221 e. The fraction of sp³-hybridized carbons (Fsp3) is 0.682. The standard InChI is InChI=1S/C22H34N2O2/c1-26-21-10-6-5-9-20(21)18-11-13-24(14-12-18)16-19(22(23)25)15-17-7-3-2-4-8-17/h5-6,9-10,17-19H,2-4,7-8,11-16H2,1H3,(H2,23,25)/t19-/m1/s1. The van der Waals surface area contributed by atoms with Gasteiger partial charge in [0, 0.05) is 6.54 Å². The number of piperidine rings is 1. The van der Waals surface area contributed by atoms with E-state index >= 15 is 0 Å². The van der Waals surface area contributed by atoms with E-state index in [1.807, 2.05) is 6.07 Å². The van der Waals surface area contributed by atoms with Crippen molar-refractivity contribution >= 4 is 5.91 Å². The normalized spacial score (nSPS) is 21.4. The van der Waals surface area contributed by atoms with Crippen LogP contribution < -0.4 is 10.5 Å². The van der Waals surface area contributed by atoms with Gasteiger partial charge in [0.05, 0.1) is 13.0 Å². The summed E-state index contributed by atoms with van der Waals surface area (Å²) in [5.74, 6) is 2.15. The number of para-hydroxylation sites is 1. The number of carbonyl (C=O) groups is 1. The van der Waals surface area contributed by atoms with Crippen LogP contribution in [0.1, 0.15) is 62.8 Å². The number of methoxy groups -OCH3 is 1. The van der Waals surface area contributed by atoms with Gasteiger partial charge in [0.2, 0.25) is 5.91 Å². The largest absolute Gasteiger partial charge is 0.496 e. The molecule has 3 rings (SSSR count). The first-order chi connectivity index (χ1) is 12.7. The van der Waals surface area contributed by atoms with Crippen molar-refractivity contribution in [2.75, 3.05) is 26.7 Å². The van der Waals surface area contributed by atoms with Crippen molar-refractivity contribution in [3.63, 3.8) is 0 Å². The predicted octanol–water partition coefficient (Wildman–Crippen LogP) is 3.95. The molecule has 0 bridgehead atoms. The summed E-state index contributed by atoms with van der Waals surface area (Å²) in [5.41, 5.74) is 7.07. The number of rotatable bonds is 7. The summed E-state index contributed by atoms with van der Waals surface area (Å²) in [4.78, 5) is 14.4. The molecule has 0 spiro atoms. The smallest absolute Gasteiger partial charge is 0.221 e. The minimum Gasteiger partial charge on any atom is -0.496 e. The predicted molar refractivity (Wildman–Crippen MR) is 105 cm³/mol. The Bertz CT molecular complexity index is 575. The molecule has 144 valence electrons. The number of hydrogen-bond donors (Lipinski definition) is 1. The van der Waals surface area contributed by atoms with E-state index in [1.165, 1.54) is 37.7 Å². The van der Waals surface area contributed by atoms with Gasteiger partial charge in [0.25, 0.3) is 0 Å². The molecule has 1 aliphatic carbocycles. The van der Waals surface area contributed by atoms with Crippen LogP contribution in [0.5, 0.6) is 5.75 Å². The van der Waals surface area contributed by atoms with E-state index in [-0.39, 0.29) is 11.8 Å². The monoisotopic (exact) mass is 358 g/mol. The maximum atomic E-state index is 12.0. The van der Waals surface area contributed by atoms with Gasteiger partial charge in [0.1, 0.15) is 5.75 Å². The summed E-state index contributed by atoms with van der Waals surface area (Å²) in [6.07, 6.45) is 9.78. The molecule has 4 nitrogen and oxygen atoms in total. The number of likely N-dealkylation sites (tertiary alicyclic amines) is 1. The summed E-state index contributed by atoms with van der Waals surface area (Å²) in [6.45, 7) is 2.92. The number of primary amides is 1. The Balaban J connectivity index is 1.52. The van der Waals surface area contributed by atoms with E-state index in [9.17, 15) is 4.79 Å². The number of nitrogens with two attached hydrogens (primary N) is 1. The maximum absolute atomic E-state index is 12.0. The fourth-order valence-corrected chi connectivity index (χ4v) is 4.85. The second kappa shape index (κ2) is 9.40. The van der Waals surface area contributed by atoms with Gasteiger partial charge in [-0.25, -0.2) is 0 Å². The van der Waals surface area contributed by atoms with Crippen molar-refractivity contribution in [2.24, 2.45) is 17.6 Å². The molecule has 1 atom stereocenters. The summed E-state index contributed by atoms with van der Waals surface area (Å²) < 4.78 is 5.53. The van der Waals surface area contributed by atoms with Crippen LogP contribution >= 0.6 is 0 Å². The third-order valence-electron chi connectivity index (χ3n) is 6.39. The van der Waals surface area contributed by atoms with Crippen LogP contribution in [0.15, 0.2) is 24.3 Å². The molecule has 1 saturated heterocycles. The van der Waals surface area contributed by atoms with Crippen molar-refractivity contribution in [3.05, 3.63) is 29.8 Å². The van der Waals surface area contributed by atoms with Crippen molar-refractivity contribution in [3.8, 4) is 5.75 Å². The van der Waals surface area contributed by atoms with Crippen LogP contribution in [-0.4, -0.2) is 37.6 Å². The molecule has 2 N–H and O–H groups in total. The second-order valence-electron chi connectivity index (χ2n) is 8.16. The quantitative estimate of drug-likeness (QED) is 0.803. The van der Waals surface area contributed by atoms with Gasteiger partial charge in [-0.15, -0.1) is 0 Å². The Morgan fingerprint density at radius 3 is 2.50 bits per heavy atom. The van der Waals surface area contributed by atoms with E-state index in [1.54, 1.807) is 7.11 Å². The highest BCUT2D eigenvalue weighted by Gasteiger charge is 2.28. The first-order valence-corrected chi connectivity index (χ1v) is 10.3. The van der Waals surface area contributed by atoms with Crippen molar-refractivity contribution in [1.82, 2.24) is 4.90 Å². The number of benzene rings is 1. The van der Waals surface area contributed by atoms with Gasteiger partial charge in [-0.3, -0.25) is 4.79 Å². The van der Waals surface area contributed by atoms with E-state index in [0.29, 0.717) is 11.8 Å². The zero-order chi connectivity index (χ0) is 18.4. The third-order valence-corrected chi connectivity index (χ3v) is 6.39. The minimum atomic E-state index is -0.109. The van der Waals surface area contributed by atoms with Crippen molar-refractivity contribution in [2.45, 2.75) is 57.3 Å². The first-order valence-electron chi connectivity index (χ1n) is 10.3. The van der Waals surface area contributed by atoms with Crippen LogP contribution in [0.3, 0.4) is 0 Å². The highest BCUT2D eigenvalue weighted by atomic mass is 16.5. The van der Waals surface area contributed by atoms with Crippen LogP contribution in [-0.2, 0) is 4.79 Å². The van der Waals surface area contributed by atoms with Crippen LogP contribution in [0.2, 0.25) is 0 Å². The Hall–Kier alpha value is -1.55. The molecule has 2 fully saturated rings. The molecule has 0 aromatic heterocycles. The summed E-state index contributed by atoms with van der Waals surface area (Å²) in [6, 6.07) is 8.36. The lowest BCUT2D eigenvalue weighted by Gasteiger charge is -2.35. The zero-order valence-corrected chi connectivity index (χ0v) is 16.2. The molecule has 1 aliphatic heterocycles. The second-order valence-corrected chi connectivity index (χ2v) is 8.16. The molecule has 0 radical (unpaired) electrons. The van der Waals surface area contributed by atoms with Crippen LogP contribution in [0, 0.1) is 11.8 Å². The molecule has 4 heteroatoms. The lowest BCUT2D eigenvalue weighted by Crippen LogP contribution is -2.41. The lowest BCUT2D eigenvalue weighted by atomic mass is 9.82. The van der Waals surface area contributed by atoms with Crippen LogP contribution in [0.4, 0.5) is 0 Å². The van der Waals surface area contributed by atoms with Gasteiger partial charge in [-0.1, -0.05) is 50.3 Å².